The zero-order valence-corrected chi connectivity index (χ0v) is 10.5. The highest BCUT2D eigenvalue weighted by Gasteiger charge is 2.53. The summed E-state index contributed by atoms with van der Waals surface area (Å²) in [7, 11) is 0. The fraction of sp³-hybridized carbons (Fsp3) is 0.200. The van der Waals surface area contributed by atoms with Gasteiger partial charge in [0.1, 0.15) is 11.7 Å². The van der Waals surface area contributed by atoms with E-state index in [0.717, 1.165) is 11.1 Å². The first-order chi connectivity index (χ1) is 8.72. The Morgan fingerprint density at radius 1 is 1.06 bits per heavy atom. The Balaban J connectivity index is 1.93. The summed E-state index contributed by atoms with van der Waals surface area (Å²) in [5.41, 5.74) is 1.24. The van der Waals surface area contributed by atoms with Crippen molar-refractivity contribution in [3.63, 3.8) is 0 Å². The number of aliphatic hydroxyl groups excluding tert-OH is 1. The summed E-state index contributed by atoms with van der Waals surface area (Å²) >= 11 is 5.85. The Bertz CT molecular complexity index is 532. The second-order valence-electron chi connectivity index (χ2n) is 4.50. The second-order valence-corrected chi connectivity index (χ2v) is 4.93. The van der Waals surface area contributed by atoms with E-state index in [1.807, 2.05) is 42.5 Å². The van der Waals surface area contributed by atoms with Gasteiger partial charge in [0.05, 0.1) is 6.61 Å². The van der Waals surface area contributed by atoms with Crippen LogP contribution in [0.2, 0.25) is 5.02 Å². The molecule has 3 rings (SSSR count). The van der Waals surface area contributed by atoms with Crippen molar-refractivity contribution in [3.8, 4) is 0 Å². The van der Waals surface area contributed by atoms with Crippen LogP contribution in [0.1, 0.15) is 17.2 Å². The van der Waals surface area contributed by atoms with Gasteiger partial charge in [-0.15, -0.1) is 0 Å². The molecule has 1 aliphatic heterocycles. The predicted octanol–water partition coefficient (Wildman–Crippen LogP) is 3.30. The minimum absolute atomic E-state index is 0.542. The SMILES string of the molecule is O[C@@H](c1ccc(Cl)cc1)[C@]1(c2ccccc2)CO1. The van der Waals surface area contributed by atoms with Gasteiger partial charge in [-0.2, -0.15) is 0 Å². The van der Waals surface area contributed by atoms with Crippen LogP contribution < -0.4 is 0 Å². The molecule has 2 aromatic carbocycles. The van der Waals surface area contributed by atoms with E-state index in [4.69, 9.17) is 16.3 Å². The number of hydrogen-bond acceptors (Lipinski definition) is 2. The zero-order chi connectivity index (χ0) is 12.6. The van der Waals surface area contributed by atoms with E-state index < -0.39 is 11.7 Å². The molecule has 2 nitrogen and oxygen atoms in total. The minimum atomic E-state index is -0.669. The summed E-state index contributed by atoms with van der Waals surface area (Å²) < 4.78 is 5.55. The van der Waals surface area contributed by atoms with E-state index in [-0.39, 0.29) is 0 Å². The van der Waals surface area contributed by atoms with Gasteiger partial charge in [-0.3, -0.25) is 0 Å². The number of aliphatic hydroxyl groups is 1. The van der Waals surface area contributed by atoms with Gasteiger partial charge in [-0.25, -0.2) is 0 Å². The first-order valence-electron chi connectivity index (χ1n) is 5.85. The number of hydrogen-bond donors (Lipinski definition) is 1. The van der Waals surface area contributed by atoms with Crippen molar-refractivity contribution in [3.05, 3.63) is 70.7 Å². The van der Waals surface area contributed by atoms with E-state index in [9.17, 15) is 5.11 Å². The van der Waals surface area contributed by atoms with E-state index in [0.29, 0.717) is 11.6 Å². The Hall–Kier alpha value is -1.35. The van der Waals surface area contributed by atoms with Crippen LogP contribution in [0.5, 0.6) is 0 Å². The maximum absolute atomic E-state index is 10.5. The molecule has 0 unspecified atom stereocenters. The first-order valence-corrected chi connectivity index (χ1v) is 6.23. The summed E-state index contributed by atoms with van der Waals surface area (Å²) in [6.45, 7) is 0.542. The van der Waals surface area contributed by atoms with Crippen LogP contribution in [0, 0.1) is 0 Å². The molecule has 0 aromatic heterocycles. The number of rotatable bonds is 3. The Kier molecular flexibility index (Phi) is 2.86. The summed E-state index contributed by atoms with van der Waals surface area (Å²) in [6.07, 6.45) is -0.669. The fourth-order valence-electron chi connectivity index (χ4n) is 2.19. The highest BCUT2D eigenvalue weighted by molar-refractivity contribution is 6.30. The number of benzene rings is 2. The largest absolute Gasteiger partial charge is 0.385 e. The van der Waals surface area contributed by atoms with Crippen molar-refractivity contribution < 1.29 is 9.84 Å². The Morgan fingerprint density at radius 2 is 1.67 bits per heavy atom. The van der Waals surface area contributed by atoms with Gasteiger partial charge in [0.25, 0.3) is 0 Å². The molecule has 1 saturated heterocycles. The summed E-state index contributed by atoms with van der Waals surface area (Å²) in [6, 6.07) is 17.0. The molecule has 0 amide bonds. The van der Waals surface area contributed by atoms with Crippen LogP contribution in [0.15, 0.2) is 54.6 Å². The lowest BCUT2D eigenvalue weighted by Crippen LogP contribution is -2.20. The number of halogens is 1. The lowest BCUT2D eigenvalue weighted by molar-refractivity contribution is 0.0730. The van der Waals surface area contributed by atoms with Crippen molar-refractivity contribution in [2.75, 3.05) is 6.61 Å². The molecule has 0 saturated carbocycles. The van der Waals surface area contributed by atoms with Gasteiger partial charge < -0.3 is 9.84 Å². The van der Waals surface area contributed by atoms with Gasteiger partial charge in [0.2, 0.25) is 0 Å². The molecule has 1 aliphatic rings. The van der Waals surface area contributed by atoms with Gasteiger partial charge in [0, 0.05) is 5.02 Å². The third-order valence-corrected chi connectivity index (χ3v) is 3.60. The maximum atomic E-state index is 10.5. The number of ether oxygens (including phenoxy) is 1. The van der Waals surface area contributed by atoms with Crippen molar-refractivity contribution in [2.24, 2.45) is 0 Å². The predicted molar refractivity (Wildman–Crippen MR) is 70.5 cm³/mol. The van der Waals surface area contributed by atoms with E-state index in [1.54, 1.807) is 12.1 Å². The van der Waals surface area contributed by atoms with Gasteiger partial charge >= 0.3 is 0 Å². The van der Waals surface area contributed by atoms with E-state index >= 15 is 0 Å². The molecule has 1 heterocycles. The van der Waals surface area contributed by atoms with E-state index in [2.05, 4.69) is 0 Å². The minimum Gasteiger partial charge on any atom is -0.385 e. The Morgan fingerprint density at radius 3 is 2.22 bits per heavy atom. The highest BCUT2D eigenvalue weighted by atomic mass is 35.5. The van der Waals surface area contributed by atoms with Crippen LogP contribution >= 0.6 is 11.6 Å². The summed E-state index contributed by atoms with van der Waals surface area (Å²) in [5, 5.41) is 11.2. The molecular weight excluding hydrogens is 248 g/mol. The molecule has 0 spiro atoms. The van der Waals surface area contributed by atoms with Crippen molar-refractivity contribution in [1.82, 2.24) is 0 Å². The third kappa shape index (κ3) is 1.93. The molecule has 18 heavy (non-hydrogen) atoms. The maximum Gasteiger partial charge on any atom is 0.146 e. The number of epoxide rings is 1. The smallest absolute Gasteiger partial charge is 0.146 e. The molecule has 92 valence electrons. The molecule has 2 aromatic rings. The lowest BCUT2D eigenvalue weighted by atomic mass is 9.89. The van der Waals surface area contributed by atoms with Crippen molar-refractivity contribution in [1.29, 1.82) is 0 Å². The van der Waals surface area contributed by atoms with Gasteiger partial charge in [0.15, 0.2) is 0 Å². The molecule has 1 fully saturated rings. The topological polar surface area (TPSA) is 32.8 Å². The normalized spacial score (nSPS) is 23.7. The van der Waals surface area contributed by atoms with Crippen LogP contribution in [0.4, 0.5) is 0 Å². The van der Waals surface area contributed by atoms with Crippen molar-refractivity contribution >= 4 is 11.6 Å². The molecule has 3 heteroatoms. The van der Waals surface area contributed by atoms with Crippen LogP contribution in [0.25, 0.3) is 0 Å². The highest BCUT2D eigenvalue weighted by Crippen LogP contribution is 2.48. The second kappa shape index (κ2) is 4.39. The van der Waals surface area contributed by atoms with Crippen LogP contribution in [0.3, 0.4) is 0 Å². The average molecular weight is 261 g/mol. The van der Waals surface area contributed by atoms with E-state index in [1.165, 1.54) is 0 Å². The van der Waals surface area contributed by atoms with Gasteiger partial charge in [-0.05, 0) is 23.3 Å². The van der Waals surface area contributed by atoms with Crippen LogP contribution in [-0.2, 0) is 10.3 Å². The summed E-state index contributed by atoms with van der Waals surface area (Å²) in [4.78, 5) is 0. The Labute approximate surface area is 111 Å². The zero-order valence-electron chi connectivity index (χ0n) is 9.71. The van der Waals surface area contributed by atoms with Crippen molar-refractivity contribution in [2.45, 2.75) is 11.7 Å². The first kappa shape index (κ1) is 11.7. The average Bonchev–Trinajstić information content (AvgIpc) is 3.21. The molecule has 2 atom stereocenters. The van der Waals surface area contributed by atoms with Crippen LogP contribution in [-0.4, -0.2) is 11.7 Å². The third-order valence-electron chi connectivity index (χ3n) is 3.35. The molecular formula is C15H13ClO2. The molecule has 0 aliphatic carbocycles. The van der Waals surface area contributed by atoms with Gasteiger partial charge in [-0.1, -0.05) is 54.1 Å². The summed E-state index contributed by atoms with van der Waals surface area (Å²) in [5.74, 6) is 0. The standard InChI is InChI=1S/C15H13ClO2/c16-13-8-6-11(7-9-13)14(17)15(10-18-15)12-4-2-1-3-5-12/h1-9,14,17H,10H2/t14-,15+/m0/s1. The molecule has 1 N–H and O–H groups in total. The monoisotopic (exact) mass is 260 g/mol. The quantitative estimate of drug-likeness (QED) is 0.859. The fourth-order valence-corrected chi connectivity index (χ4v) is 2.32. The molecule has 0 radical (unpaired) electrons. The lowest BCUT2D eigenvalue weighted by Gasteiger charge is -2.20. The molecule has 0 bridgehead atoms.